The zero-order chi connectivity index (χ0) is 16.3. The van der Waals surface area contributed by atoms with Crippen LogP contribution < -0.4 is 19.5 Å². The standard InChI is InChI=1S/C15H17N3O4S/c1-2-7-23(19,20)18-15-6-4-12(9-16-15)17-11-3-5-13-14(8-11)22-10-21-13/h3-6,8-9,17H,2,7,10H2,1H3,(H,16,18). The number of pyridine rings is 1. The topological polar surface area (TPSA) is 89.6 Å². The monoisotopic (exact) mass is 335 g/mol. The number of nitrogens with one attached hydrogen (secondary N) is 2. The van der Waals surface area contributed by atoms with Crippen molar-refractivity contribution in [1.29, 1.82) is 0 Å². The summed E-state index contributed by atoms with van der Waals surface area (Å²) in [6, 6.07) is 8.89. The van der Waals surface area contributed by atoms with E-state index in [1.165, 1.54) is 0 Å². The van der Waals surface area contributed by atoms with Crippen LogP contribution in [0.25, 0.3) is 0 Å². The average molecular weight is 335 g/mol. The van der Waals surface area contributed by atoms with Gasteiger partial charge in [0.1, 0.15) is 5.82 Å². The number of nitrogens with zero attached hydrogens (tertiary/aromatic N) is 1. The average Bonchev–Trinajstić information content (AvgIpc) is 2.96. The molecule has 2 aromatic rings. The molecule has 0 saturated heterocycles. The van der Waals surface area contributed by atoms with Crippen molar-refractivity contribution in [3.8, 4) is 11.5 Å². The van der Waals surface area contributed by atoms with Crippen molar-refractivity contribution in [2.75, 3.05) is 22.6 Å². The third-order valence-electron chi connectivity index (χ3n) is 3.16. The van der Waals surface area contributed by atoms with Crippen LogP contribution in [0.3, 0.4) is 0 Å². The molecule has 1 aromatic carbocycles. The van der Waals surface area contributed by atoms with Gasteiger partial charge in [-0.2, -0.15) is 0 Å². The smallest absolute Gasteiger partial charge is 0.233 e. The molecule has 122 valence electrons. The molecule has 8 heteroatoms. The van der Waals surface area contributed by atoms with Crippen molar-refractivity contribution in [2.24, 2.45) is 0 Å². The molecule has 0 saturated carbocycles. The summed E-state index contributed by atoms with van der Waals surface area (Å²) < 4.78 is 36.4. The minimum absolute atomic E-state index is 0.0753. The Morgan fingerprint density at radius 2 is 1.91 bits per heavy atom. The molecule has 2 N–H and O–H groups in total. The van der Waals surface area contributed by atoms with Gasteiger partial charge in [-0.1, -0.05) is 6.92 Å². The van der Waals surface area contributed by atoms with Crippen LogP contribution >= 0.6 is 0 Å². The van der Waals surface area contributed by atoms with Crippen LogP contribution in [-0.2, 0) is 10.0 Å². The maximum Gasteiger partial charge on any atom is 0.233 e. The van der Waals surface area contributed by atoms with Gasteiger partial charge in [-0.15, -0.1) is 0 Å². The highest BCUT2D eigenvalue weighted by Crippen LogP contribution is 2.35. The first kappa shape index (κ1) is 15.4. The van der Waals surface area contributed by atoms with Crippen LogP contribution in [0.15, 0.2) is 36.5 Å². The summed E-state index contributed by atoms with van der Waals surface area (Å²) in [7, 11) is -3.33. The first-order valence-corrected chi connectivity index (χ1v) is 8.84. The van der Waals surface area contributed by atoms with Gasteiger partial charge in [-0.25, -0.2) is 13.4 Å². The molecule has 0 aliphatic carbocycles. The quantitative estimate of drug-likeness (QED) is 0.844. The zero-order valence-electron chi connectivity index (χ0n) is 12.6. The third-order valence-corrected chi connectivity index (χ3v) is 4.62. The fraction of sp³-hybridized carbons (Fsp3) is 0.267. The van der Waals surface area contributed by atoms with Gasteiger partial charge in [0.2, 0.25) is 16.8 Å². The molecule has 0 radical (unpaired) electrons. The maximum absolute atomic E-state index is 11.7. The Kier molecular flexibility index (Phi) is 4.24. The Balaban J connectivity index is 1.68. The molecule has 7 nitrogen and oxygen atoms in total. The molecule has 1 aliphatic rings. The lowest BCUT2D eigenvalue weighted by molar-refractivity contribution is 0.174. The molecular weight excluding hydrogens is 318 g/mol. The van der Waals surface area contributed by atoms with E-state index in [9.17, 15) is 8.42 Å². The zero-order valence-corrected chi connectivity index (χ0v) is 13.4. The van der Waals surface area contributed by atoms with Crippen LogP contribution in [-0.4, -0.2) is 25.9 Å². The molecule has 0 unspecified atom stereocenters. The molecular formula is C15H17N3O4S. The minimum atomic E-state index is -3.33. The van der Waals surface area contributed by atoms with E-state index < -0.39 is 10.0 Å². The predicted octanol–water partition coefficient (Wildman–Crippen LogP) is 2.71. The molecule has 3 rings (SSSR count). The molecule has 0 bridgehead atoms. The maximum atomic E-state index is 11.7. The summed E-state index contributed by atoms with van der Waals surface area (Å²) in [5.41, 5.74) is 1.57. The van der Waals surface area contributed by atoms with Crippen LogP contribution in [0.1, 0.15) is 13.3 Å². The Morgan fingerprint density at radius 3 is 2.65 bits per heavy atom. The van der Waals surface area contributed by atoms with Crippen LogP contribution in [0.4, 0.5) is 17.2 Å². The molecule has 23 heavy (non-hydrogen) atoms. The van der Waals surface area contributed by atoms with E-state index >= 15 is 0 Å². The van der Waals surface area contributed by atoms with Crippen LogP contribution in [0.5, 0.6) is 11.5 Å². The normalized spacial score (nSPS) is 12.9. The molecule has 1 aromatic heterocycles. The highest BCUT2D eigenvalue weighted by atomic mass is 32.2. The summed E-state index contributed by atoms with van der Waals surface area (Å²) in [5, 5.41) is 3.17. The Morgan fingerprint density at radius 1 is 1.13 bits per heavy atom. The number of aromatic nitrogens is 1. The van der Waals surface area contributed by atoms with E-state index in [0.717, 1.165) is 11.4 Å². The van der Waals surface area contributed by atoms with E-state index in [1.54, 1.807) is 18.3 Å². The highest BCUT2D eigenvalue weighted by molar-refractivity contribution is 7.92. The molecule has 0 spiro atoms. The first-order chi connectivity index (χ1) is 11.1. The van der Waals surface area contributed by atoms with Gasteiger partial charge in [0, 0.05) is 11.8 Å². The fourth-order valence-electron chi connectivity index (χ4n) is 2.15. The van der Waals surface area contributed by atoms with E-state index in [4.69, 9.17) is 9.47 Å². The van der Waals surface area contributed by atoms with Crippen molar-refractivity contribution >= 4 is 27.2 Å². The second-order valence-corrected chi connectivity index (χ2v) is 6.89. The van der Waals surface area contributed by atoms with E-state index in [1.807, 2.05) is 25.1 Å². The largest absolute Gasteiger partial charge is 0.454 e. The fourth-order valence-corrected chi connectivity index (χ4v) is 3.23. The second kappa shape index (κ2) is 6.33. The van der Waals surface area contributed by atoms with Gasteiger partial charge in [-0.3, -0.25) is 4.72 Å². The summed E-state index contributed by atoms with van der Waals surface area (Å²) in [6.07, 6.45) is 2.12. The highest BCUT2D eigenvalue weighted by Gasteiger charge is 2.13. The second-order valence-electron chi connectivity index (χ2n) is 5.05. The summed E-state index contributed by atoms with van der Waals surface area (Å²) in [6.45, 7) is 2.04. The Bertz CT molecular complexity index is 791. The number of rotatable bonds is 6. The van der Waals surface area contributed by atoms with Gasteiger partial charge >= 0.3 is 0 Å². The minimum Gasteiger partial charge on any atom is -0.454 e. The van der Waals surface area contributed by atoms with Gasteiger partial charge in [0.15, 0.2) is 11.5 Å². The predicted molar refractivity (Wildman–Crippen MR) is 87.8 cm³/mol. The molecule has 2 heterocycles. The molecule has 0 amide bonds. The number of hydrogen-bond acceptors (Lipinski definition) is 6. The van der Waals surface area contributed by atoms with E-state index in [2.05, 4.69) is 15.0 Å². The van der Waals surface area contributed by atoms with Gasteiger partial charge in [-0.05, 0) is 30.7 Å². The third kappa shape index (κ3) is 3.84. The Hall–Kier alpha value is -2.48. The number of benzene rings is 1. The van der Waals surface area contributed by atoms with Crippen molar-refractivity contribution in [1.82, 2.24) is 4.98 Å². The van der Waals surface area contributed by atoms with Gasteiger partial charge < -0.3 is 14.8 Å². The van der Waals surface area contributed by atoms with Gasteiger partial charge in [0.25, 0.3) is 0 Å². The first-order valence-electron chi connectivity index (χ1n) is 7.19. The number of sulfonamides is 1. The molecule has 0 fully saturated rings. The van der Waals surface area contributed by atoms with Gasteiger partial charge in [0.05, 0.1) is 17.6 Å². The summed E-state index contributed by atoms with van der Waals surface area (Å²) in [4.78, 5) is 4.11. The molecule has 0 atom stereocenters. The molecule has 1 aliphatic heterocycles. The van der Waals surface area contributed by atoms with Crippen LogP contribution in [0, 0.1) is 0 Å². The summed E-state index contributed by atoms with van der Waals surface area (Å²) >= 11 is 0. The number of hydrogen-bond donors (Lipinski definition) is 2. The van der Waals surface area contributed by atoms with Crippen LogP contribution in [0.2, 0.25) is 0 Å². The van der Waals surface area contributed by atoms with Crippen molar-refractivity contribution in [3.05, 3.63) is 36.5 Å². The van der Waals surface area contributed by atoms with Crippen molar-refractivity contribution in [2.45, 2.75) is 13.3 Å². The van der Waals surface area contributed by atoms with E-state index in [-0.39, 0.29) is 12.5 Å². The lowest BCUT2D eigenvalue weighted by Crippen LogP contribution is -2.16. The lowest BCUT2D eigenvalue weighted by atomic mass is 10.2. The number of anilines is 3. The SMILES string of the molecule is CCCS(=O)(=O)Nc1ccc(Nc2ccc3c(c2)OCO3)cn1. The Labute approximate surface area is 134 Å². The van der Waals surface area contributed by atoms with E-state index in [0.29, 0.717) is 23.7 Å². The number of ether oxygens (including phenoxy) is 2. The lowest BCUT2D eigenvalue weighted by Gasteiger charge is -2.09. The van der Waals surface area contributed by atoms with Crippen molar-refractivity contribution < 1.29 is 17.9 Å². The number of fused-ring (bicyclic) bond motifs is 1. The summed E-state index contributed by atoms with van der Waals surface area (Å²) in [5.74, 6) is 1.78. The van der Waals surface area contributed by atoms with Crippen molar-refractivity contribution in [3.63, 3.8) is 0 Å².